The van der Waals surface area contributed by atoms with Crippen molar-refractivity contribution >= 4 is 17.0 Å². The smallest absolute Gasteiger partial charge is 0.335 e. The Morgan fingerprint density at radius 3 is 2.95 bits per heavy atom. The van der Waals surface area contributed by atoms with Gasteiger partial charge in [0.2, 0.25) is 0 Å². The van der Waals surface area contributed by atoms with Gasteiger partial charge in [-0.2, -0.15) is 0 Å². The van der Waals surface area contributed by atoms with Crippen LogP contribution in [0.25, 0.3) is 11.0 Å². The molecule has 3 rings (SSSR count). The van der Waals surface area contributed by atoms with Crippen LogP contribution in [-0.4, -0.2) is 32.8 Å². The summed E-state index contributed by atoms with van der Waals surface area (Å²) in [5.74, 6) is 0.0554. The number of hydrogen-bond acceptors (Lipinski definition) is 3. The van der Waals surface area contributed by atoms with Gasteiger partial charge < -0.3 is 14.4 Å². The number of nitrogens with zero attached hydrogens (tertiary/aromatic N) is 2. The number of aryl methyl sites for hydroxylation is 1. The zero-order valence-corrected chi connectivity index (χ0v) is 12.4. The van der Waals surface area contributed by atoms with Crippen LogP contribution in [0, 0.1) is 0 Å². The van der Waals surface area contributed by atoms with Crippen LogP contribution in [0.5, 0.6) is 0 Å². The number of carbonyl (C=O) groups is 1. The van der Waals surface area contributed by atoms with Crippen molar-refractivity contribution in [1.82, 2.24) is 9.55 Å². The Morgan fingerprint density at radius 2 is 2.33 bits per heavy atom. The molecule has 5 nitrogen and oxygen atoms in total. The average Bonchev–Trinajstić information content (AvgIpc) is 3.03. The largest absolute Gasteiger partial charge is 0.478 e. The topological polar surface area (TPSA) is 64.3 Å². The summed E-state index contributed by atoms with van der Waals surface area (Å²) in [7, 11) is 0. The highest BCUT2D eigenvalue weighted by Gasteiger charge is 2.31. The molecule has 0 radical (unpaired) electrons. The maximum Gasteiger partial charge on any atom is 0.335 e. The minimum absolute atomic E-state index is 0.150. The summed E-state index contributed by atoms with van der Waals surface area (Å²) in [5, 5.41) is 9.09. The van der Waals surface area contributed by atoms with E-state index in [1.165, 1.54) is 0 Å². The van der Waals surface area contributed by atoms with Gasteiger partial charge in [-0.1, -0.05) is 6.92 Å². The van der Waals surface area contributed by atoms with Crippen LogP contribution >= 0.6 is 0 Å². The monoisotopic (exact) mass is 288 g/mol. The molecule has 1 fully saturated rings. The number of aromatic carboxylic acids is 1. The molecule has 0 amide bonds. The van der Waals surface area contributed by atoms with E-state index < -0.39 is 5.97 Å². The Kier molecular flexibility index (Phi) is 3.45. The minimum Gasteiger partial charge on any atom is -0.478 e. The predicted octanol–water partition coefficient (Wildman–Crippen LogP) is 2.87. The van der Waals surface area contributed by atoms with Gasteiger partial charge in [-0.25, -0.2) is 9.78 Å². The highest BCUT2D eigenvalue weighted by molar-refractivity contribution is 5.92. The normalized spacial score (nSPS) is 22.0. The predicted molar refractivity (Wildman–Crippen MR) is 79.7 cm³/mol. The molecule has 1 N–H and O–H groups in total. The SMILES string of the molecule is CCc1nc2cc(C(=O)O)ccc2n1CC1(C)CCCO1. The van der Waals surface area contributed by atoms with Crippen molar-refractivity contribution in [1.29, 1.82) is 0 Å². The third-order valence-electron chi connectivity index (χ3n) is 4.18. The second kappa shape index (κ2) is 5.15. The van der Waals surface area contributed by atoms with E-state index in [4.69, 9.17) is 9.84 Å². The molecule has 5 heteroatoms. The fraction of sp³-hybridized carbons (Fsp3) is 0.500. The first-order valence-corrected chi connectivity index (χ1v) is 7.39. The van der Waals surface area contributed by atoms with E-state index >= 15 is 0 Å². The van der Waals surface area contributed by atoms with Gasteiger partial charge in [0.1, 0.15) is 5.82 Å². The number of benzene rings is 1. The summed E-state index contributed by atoms with van der Waals surface area (Å²) in [6.07, 6.45) is 2.95. The molecule has 2 heterocycles. The van der Waals surface area contributed by atoms with E-state index in [2.05, 4.69) is 23.4 Å². The Morgan fingerprint density at radius 1 is 1.52 bits per heavy atom. The summed E-state index contributed by atoms with van der Waals surface area (Å²) >= 11 is 0. The number of carboxylic acid groups (broad SMARTS) is 1. The van der Waals surface area contributed by atoms with E-state index in [-0.39, 0.29) is 11.2 Å². The highest BCUT2D eigenvalue weighted by Crippen LogP contribution is 2.29. The van der Waals surface area contributed by atoms with Crippen LogP contribution in [0.15, 0.2) is 18.2 Å². The van der Waals surface area contributed by atoms with E-state index in [1.54, 1.807) is 12.1 Å². The van der Waals surface area contributed by atoms with Gasteiger partial charge >= 0.3 is 5.97 Å². The van der Waals surface area contributed by atoms with Gasteiger partial charge in [0.25, 0.3) is 0 Å². The van der Waals surface area contributed by atoms with Crippen LogP contribution in [0.4, 0.5) is 0 Å². The fourth-order valence-corrected chi connectivity index (χ4v) is 3.06. The molecule has 1 unspecified atom stereocenters. The molecular weight excluding hydrogens is 268 g/mol. The van der Waals surface area contributed by atoms with Crippen LogP contribution < -0.4 is 0 Å². The second-order valence-corrected chi connectivity index (χ2v) is 5.88. The molecule has 1 aliphatic rings. The number of rotatable bonds is 4. The number of imidazole rings is 1. The van der Waals surface area contributed by atoms with Crippen LogP contribution in [-0.2, 0) is 17.7 Å². The Hall–Kier alpha value is -1.88. The lowest BCUT2D eigenvalue weighted by Crippen LogP contribution is -2.30. The molecule has 112 valence electrons. The quantitative estimate of drug-likeness (QED) is 0.939. The Balaban J connectivity index is 2.05. The van der Waals surface area contributed by atoms with E-state index in [1.807, 2.05) is 6.07 Å². The van der Waals surface area contributed by atoms with Gasteiger partial charge in [-0.05, 0) is 38.0 Å². The molecule has 1 atom stereocenters. The number of carboxylic acids is 1. The fourth-order valence-electron chi connectivity index (χ4n) is 3.06. The van der Waals surface area contributed by atoms with E-state index in [0.717, 1.165) is 49.3 Å². The Labute approximate surface area is 123 Å². The van der Waals surface area contributed by atoms with Crippen molar-refractivity contribution in [3.63, 3.8) is 0 Å². The van der Waals surface area contributed by atoms with Gasteiger partial charge in [0, 0.05) is 13.0 Å². The lowest BCUT2D eigenvalue weighted by atomic mass is 10.0. The molecule has 1 aromatic heterocycles. The summed E-state index contributed by atoms with van der Waals surface area (Å²) in [5.41, 5.74) is 1.85. The first-order valence-electron chi connectivity index (χ1n) is 7.39. The van der Waals surface area contributed by atoms with E-state index in [0.29, 0.717) is 0 Å². The number of aromatic nitrogens is 2. The zero-order valence-electron chi connectivity index (χ0n) is 12.4. The molecule has 1 aromatic carbocycles. The number of ether oxygens (including phenoxy) is 1. The molecule has 1 saturated heterocycles. The number of fused-ring (bicyclic) bond motifs is 1. The van der Waals surface area contributed by atoms with Gasteiger partial charge in [0.15, 0.2) is 0 Å². The van der Waals surface area contributed by atoms with Gasteiger partial charge in [0.05, 0.1) is 28.7 Å². The maximum atomic E-state index is 11.1. The summed E-state index contributed by atoms with van der Waals surface area (Å²) < 4.78 is 8.05. The van der Waals surface area contributed by atoms with Crippen molar-refractivity contribution in [2.24, 2.45) is 0 Å². The first kappa shape index (κ1) is 14.1. The van der Waals surface area contributed by atoms with Gasteiger partial charge in [-0.15, -0.1) is 0 Å². The summed E-state index contributed by atoms with van der Waals surface area (Å²) in [6.45, 7) is 5.78. The van der Waals surface area contributed by atoms with Crippen LogP contribution in [0.3, 0.4) is 0 Å². The first-order chi connectivity index (χ1) is 10.0. The molecule has 21 heavy (non-hydrogen) atoms. The lowest BCUT2D eigenvalue weighted by Gasteiger charge is -2.25. The zero-order chi connectivity index (χ0) is 15.0. The summed E-state index contributed by atoms with van der Waals surface area (Å²) in [6, 6.07) is 5.13. The van der Waals surface area contributed by atoms with Crippen molar-refractivity contribution in [3.8, 4) is 0 Å². The van der Waals surface area contributed by atoms with Crippen molar-refractivity contribution < 1.29 is 14.6 Å². The molecule has 0 aliphatic carbocycles. The van der Waals surface area contributed by atoms with Crippen LogP contribution in [0.2, 0.25) is 0 Å². The molecule has 0 spiro atoms. The average molecular weight is 288 g/mol. The third kappa shape index (κ3) is 2.53. The van der Waals surface area contributed by atoms with Crippen molar-refractivity contribution in [2.75, 3.05) is 6.61 Å². The molecule has 1 aliphatic heterocycles. The van der Waals surface area contributed by atoms with E-state index in [9.17, 15) is 4.79 Å². The highest BCUT2D eigenvalue weighted by atomic mass is 16.5. The summed E-state index contributed by atoms with van der Waals surface area (Å²) in [4.78, 5) is 15.7. The van der Waals surface area contributed by atoms with Crippen LogP contribution in [0.1, 0.15) is 42.9 Å². The van der Waals surface area contributed by atoms with Crippen molar-refractivity contribution in [2.45, 2.75) is 45.3 Å². The number of hydrogen-bond donors (Lipinski definition) is 1. The standard InChI is InChI=1S/C16H20N2O3/c1-3-14-17-12-9-11(15(19)20)5-6-13(12)18(14)10-16(2)7-4-8-21-16/h5-6,9H,3-4,7-8,10H2,1-2H3,(H,19,20). The lowest BCUT2D eigenvalue weighted by molar-refractivity contribution is 0.00652. The molecule has 0 saturated carbocycles. The Bertz CT molecular complexity index is 684. The minimum atomic E-state index is -0.921. The maximum absolute atomic E-state index is 11.1. The third-order valence-corrected chi connectivity index (χ3v) is 4.18. The second-order valence-electron chi connectivity index (χ2n) is 5.88. The molecule has 2 aromatic rings. The molecular formula is C16H20N2O3. The van der Waals surface area contributed by atoms with Crippen molar-refractivity contribution in [3.05, 3.63) is 29.6 Å². The van der Waals surface area contributed by atoms with Gasteiger partial charge in [-0.3, -0.25) is 0 Å². The molecule has 0 bridgehead atoms.